The molecule has 0 unspecified atom stereocenters. The highest BCUT2D eigenvalue weighted by atomic mass is 16.7. The molecule has 6 nitrogen and oxygen atoms in total. The second-order valence-corrected chi connectivity index (χ2v) is 3.89. The first-order valence-electron chi connectivity index (χ1n) is 5.20. The first-order valence-corrected chi connectivity index (χ1v) is 5.20. The van der Waals surface area contributed by atoms with Gasteiger partial charge in [0, 0.05) is 25.6 Å². The van der Waals surface area contributed by atoms with Gasteiger partial charge in [0.1, 0.15) is 6.33 Å². The smallest absolute Gasteiger partial charge is 0.205 e. The Balaban J connectivity index is 1.57. The van der Waals surface area contributed by atoms with E-state index in [-0.39, 0.29) is 6.10 Å². The summed E-state index contributed by atoms with van der Waals surface area (Å²) in [6, 6.07) is 0. The molecule has 0 radical (unpaired) electrons. The molecule has 0 N–H and O–H groups in total. The van der Waals surface area contributed by atoms with Crippen LogP contribution >= 0.6 is 0 Å². The highest BCUT2D eigenvalue weighted by molar-refractivity contribution is 5.35. The summed E-state index contributed by atoms with van der Waals surface area (Å²) < 4.78 is 3.65. The van der Waals surface area contributed by atoms with E-state index >= 15 is 0 Å². The molecule has 84 valence electrons. The van der Waals surface area contributed by atoms with Gasteiger partial charge in [-0.05, 0) is 0 Å². The Hall–Kier alpha value is -1.98. The van der Waals surface area contributed by atoms with E-state index in [1.54, 1.807) is 29.6 Å². The normalized spacial score (nSPS) is 16.2. The fourth-order valence-electron chi connectivity index (χ4n) is 1.81. The number of anilines is 1. The molecule has 0 spiro atoms. The summed E-state index contributed by atoms with van der Waals surface area (Å²) in [7, 11) is 1.99. The maximum Gasteiger partial charge on any atom is 0.205 e. The third-order valence-corrected chi connectivity index (χ3v) is 2.68. The maximum absolute atomic E-state index is 5.63. The fraction of sp³-hybridized carbons (Fsp3) is 0.400. The van der Waals surface area contributed by atoms with Crippen molar-refractivity contribution in [1.82, 2.24) is 19.3 Å². The number of hydrogen-bond donors (Lipinski definition) is 0. The molecule has 3 rings (SSSR count). The Bertz CT molecular complexity index is 457. The topological polar surface area (TPSA) is 48.1 Å². The minimum atomic E-state index is 0.214. The number of nitrogens with zero attached hydrogens (tertiary/aromatic N) is 5. The number of hydrogen-bond acceptors (Lipinski definition) is 4. The van der Waals surface area contributed by atoms with Crippen LogP contribution in [0.25, 0.3) is 0 Å². The van der Waals surface area contributed by atoms with Gasteiger partial charge in [0.25, 0.3) is 0 Å². The number of rotatable bonds is 3. The first kappa shape index (κ1) is 9.26. The zero-order valence-corrected chi connectivity index (χ0v) is 9.02. The molecule has 16 heavy (non-hydrogen) atoms. The molecule has 2 aromatic heterocycles. The van der Waals surface area contributed by atoms with Crippen LogP contribution in [0, 0.1) is 0 Å². The molecule has 0 amide bonds. The van der Waals surface area contributed by atoms with Crippen LogP contribution in [0.1, 0.15) is 0 Å². The van der Waals surface area contributed by atoms with Crippen molar-refractivity contribution in [2.24, 2.45) is 7.05 Å². The lowest BCUT2D eigenvalue weighted by atomic mass is 10.2. The first-order chi connectivity index (χ1) is 7.83. The molecule has 0 aliphatic carbocycles. The average Bonchev–Trinajstić information content (AvgIpc) is 2.82. The largest absolute Gasteiger partial charge is 0.406 e. The van der Waals surface area contributed by atoms with Gasteiger partial charge in [-0.3, -0.25) is 0 Å². The van der Waals surface area contributed by atoms with Crippen molar-refractivity contribution in [1.29, 1.82) is 0 Å². The van der Waals surface area contributed by atoms with Crippen LogP contribution in [0.4, 0.5) is 5.95 Å². The molecular weight excluding hydrogens is 206 g/mol. The molecule has 1 saturated heterocycles. The Labute approximate surface area is 93.0 Å². The van der Waals surface area contributed by atoms with Gasteiger partial charge in [0.15, 0.2) is 6.10 Å². The molecule has 2 aromatic rings. The van der Waals surface area contributed by atoms with Gasteiger partial charge in [-0.1, -0.05) is 0 Å². The predicted octanol–water partition coefficient (Wildman–Crippen LogP) is -0.0660. The molecule has 1 aliphatic heterocycles. The van der Waals surface area contributed by atoms with E-state index in [4.69, 9.17) is 4.84 Å². The van der Waals surface area contributed by atoms with Gasteiger partial charge in [-0.2, -0.15) is 4.73 Å². The standard InChI is InChI=1S/C10H13N5O/c1-13-4-3-12-10(13)14-6-9(7-14)16-15-5-2-11-8-15/h2-5,8-9H,6-7H2,1H3. The highest BCUT2D eigenvalue weighted by Crippen LogP contribution is 2.18. The zero-order valence-electron chi connectivity index (χ0n) is 9.02. The lowest BCUT2D eigenvalue weighted by molar-refractivity contribution is 0.0189. The Kier molecular flexibility index (Phi) is 2.05. The second kappa shape index (κ2) is 3.55. The van der Waals surface area contributed by atoms with Gasteiger partial charge in [-0.25, -0.2) is 9.97 Å². The molecule has 6 heteroatoms. The summed E-state index contributed by atoms with van der Waals surface area (Å²) in [5.41, 5.74) is 0. The number of aromatic nitrogens is 4. The van der Waals surface area contributed by atoms with E-state index in [0.717, 1.165) is 19.0 Å². The van der Waals surface area contributed by atoms with Crippen LogP contribution < -0.4 is 9.74 Å². The van der Waals surface area contributed by atoms with Crippen LogP contribution in [0.15, 0.2) is 31.1 Å². The molecule has 0 atom stereocenters. The predicted molar refractivity (Wildman–Crippen MR) is 58.0 cm³/mol. The quantitative estimate of drug-likeness (QED) is 0.725. The summed E-state index contributed by atoms with van der Waals surface area (Å²) in [5, 5.41) is 0. The Morgan fingerprint density at radius 1 is 1.31 bits per heavy atom. The summed E-state index contributed by atoms with van der Waals surface area (Å²) in [6.07, 6.45) is 9.12. The Morgan fingerprint density at radius 2 is 2.19 bits per heavy atom. The van der Waals surface area contributed by atoms with E-state index in [9.17, 15) is 0 Å². The molecule has 1 fully saturated rings. The lowest BCUT2D eigenvalue weighted by Crippen LogP contribution is -2.56. The van der Waals surface area contributed by atoms with Crippen LogP contribution in [0.2, 0.25) is 0 Å². The molecule has 3 heterocycles. The van der Waals surface area contributed by atoms with Crippen molar-refractivity contribution in [3.63, 3.8) is 0 Å². The average molecular weight is 219 g/mol. The summed E-state index contributed by atoms with van der Waals surface area (Å²) >= 11 is 0. The third-order valence-electron chi connectivity index (χ3n) is 2.68. The van der Waals surface area contributed by atoms with E-state index < -0.39 is 0 Å². The van der Waals surface area contributed by atoms with Crippen LogP contribution in [-0.4, -0.2) is 38.5 Å². The second-order valence-electron chi connectivity index (χ2n) is 3.89. The molecule has 0 bridgehead atoms. The third kappa shape index (κ3) is 1.52. The van der Waals surface area contributed by atoms with E-state index in [1.807, 2.05) is 17.8 Å². The molecule has 0 saturated carbocycles. The SMILES string of the molecule is Cn1ccnc1N1CC(On2ccnc2)C1. The summed E-state index contributed by atoms with van der Waals surface area (Å²) in [6.45, 7) is 1.73. The van der Waals surface area contributed by atoms with Gasteiger partial charge in [0.05, 0.1) is 19.3 Å². The lowest BCUT2D eigenvalue weighted by Gasteiger charge is -2.38. The van der Waals surface area contributed by atoms with Crippen LogP contribution in [0.3, 0.4) is 0 Å². The Morgan fingerprint density at radius 3 is 2.81 bits per heavy atom. The van der Waals surface area contributed by atoms with E-state index in [1.165, 1.54) is 0 Å². The van der Waals surface area contributed by atoms with Crippen molar-refractivity contribution >= 4 is 5.95 Å². The fourth-order valence-corrected chi connectivity index (χ4v) is 1.81. The van der Waals surface area contributed by atoms with Gasteiger partial charge >= 0.3 is 0 Å². The van der Waals surface area contributed by atoms with Crippen molar-refractivity contribution in [2.45, 2.75) is 6.10 Å². The van der Waals surface area contributed by atoms with Gasteiger partial charge < -0.3 is 14.3 Å². The highest BCUT2D eigenvalue weighted by Gasteiger charge is 2.31. The summed E-state index contributed by atoms with van der Waals surface area (Å²) in [4.78, 5) is 16.0. The van der Waals surface area contributed by atoms with Gasteiger partial charge in [0.2, 0.25) is 5.95 Å². The summed E-state index contributed by atoms with van der Waals surface area (Å²) in [5.74, 6) is 0.991. The van der Waals surface area contributed by atoms with Crippen molar-refractivity contribution in [2.75, 3.05) is 18.0 Å². The minimum Gasteiger partial charge on any atom is -0.406 e. The van der Waals surface area contributed by atoms with Crippen molar-refractivity contribution in [3.8, 4) is 0 Å². The van der Waals surface area contributed by atoms with Crippen LogP contribution in [-0.2, 0) is 7.05 Å². The zero-order chi connectivity index (χ0) is 11.0. The van der Waals surface area contributed by atoms with E-state index in [2.05, 4.69) is 14.9 Å². The van der Waals surface area contributed by atoms with Crippen molar-refractivity contribution < 1.29 is 4.84 Å². The van der Waals surface area contributed by atoms with Crippen LogP contribution in [0.5, 0.6) is 0 Å². The van der Waals surface area contributed by atoms with Gasteiger partial charge in [-0.15, -0.1) is 0 Å². The maximum atomic E-state index is 5.63. The van der Waals surface area contributed by atoms with Crippen molar-refractivity contribution in [3.05, 3.63) is 31.1 Å². The number of aryl methyl sites for hydroxylation is 1. The molecular formula is C10H13N5O. The van der Waals surface area contributed by atoms with E-state index in [0.29, 0.717) is 0 Å². The minimum absolute atomic E-state index is 0.214. The monoisotopic (exact) mass is 219 g/mol. The molecule has 1 aliphatic rings. The molecule has 0 aromatic carbocycles. The number of imidazole rings is 2.